The Labute approximate surface area is 137 Å². The Bertz CT molecular complexity index is 707. The molecule has 0 N–H and O–H groups in total. The normalized spacial score (nSPS) is 28.0. The number of piperidine rings is 2. The third-order valence-electron chi connectivity index (χ3n) is 5.88. The third-order valence-corrected chi connectivity index (χ3v) is 5.88. The summed E-state index contributed by atoms with van der Waals surface area (Å²) in [6.07, 6.45) is 8.28. The summed E-state index contributed by atoms with van der Waals surface area (Å²) in [5.74, 6) is 0.647. The Balaban J connectivity index is 1.53. The number of hydrogen-bond acceptors (Lipinski definition) is 3. The Kier molecular flexibility index (Phi) is 3.90. The summed E-state index contributed by atoms with van der Waals surface area (Å²) in [5, 5.41) is 1.12. The monoisotopic (exact) mass is 308 g/mol. The Morgan fingerprint density at radius 3 is 2.70 bits per heavy atom. The maximum atomic E-state index is 12.9. The van der Waals surface area contributed by atoms with Gasteiger partial charge in [0.15, 0.2) is 0 Å². The van der Waals surface area contributed by atoms with Crippen LogP contribution in [0.25, 0.3) is 10.9 Å². The van der Waals surface area contributed by atoms with E-state index in [1.807, 2.05) is 18.3 Å². The van der Waals surface area contributed by atoms with Gasteiger partial charge in [-0.15, -0.1) is 0 Å². The van der Waals surface area contributed by atoms with E-state index in [-0.39, 0.29) is 5.92 Å². The van der Waals surface area contributed by atoms with Crippen LogP contribution in [-0.4, -0.2) is 34.8 Å². The molecule has 0 aliphatic carbocycles. The zero-order valence-corrected chi connectivity index (χ0v) is 13.7. The van der Waals surface area contributed by atoms with Crippen LogP contribution in [-0.2, 0) is 11.2 Å². The first kappa shape index (κ1) is 14.8. The molecule has 2 aromatic rings. The fraction of sp³-hybridized carbons (Fsp3) is 0.500. The molecule has 1 aromatic carbocycles. The van der Waals surface area contributed by atoms with Crippen molar-refractivity contribution in [2.75, 3.05) is 7.05 Å². The van der Waals surface area contributed by atoms with E-state index in [2.05, 4.69) is 35.1 Å². The molecule has 4 rings (SSSR count). The second-order valence-electron chi connectivity index (χ2n) is 7.21. The number of pyridine rings is 1. The van der Waals surface area contributed by atoms with Gasteiger partial charge < -0.3 is 4.90 Å². The lowest BCUT2D eigenvalue weighted by Crippen LogP contribution is -2.51. The van der Waals surface area contributed by atoms with Crippen molar-refractivity contribution in [2.45, 2.75) is 50.6 Å². The highest BCUT2D eigenvalue weighted by Crippen LogP contribution is 2.36. The summed E-state index contributed by atoms with van der Waals surface area (Å²) in [4.78, 5) is 19.9. The first-order valence-corrected chi connectivity index (χ1v) is 8.79. The molecule has 2 unspecified atom stereocenters. The van der Waals surface area contributed by atoms with Crippen molar-refractivity contribution in [1.82, 2.24) is 9.88 Å². The highest BCUT2D eigenvalue weighted by atomic mass is 16.1. The molecule has 1 aromatic heterocycles. The SMILES string of the molecule is CN1C2CCCC1CC(C(=O)Cc1cccc3cccnc13)C2. The zero-order valence-electron chi connectivity index (χ0n) is 13.7. The van der Waals surface area contributed by atoms with Crippen LogP contribution in [0.5, 0.6) is 0 Å². The Hall–Kier alpha value is -1.74. The van der Waals surface area contributed by atoms with Crippen LogP contribution in [0.15, 0.2) is 36.5 Å². The van der Waals surface area contributed by atoms with Gasteiger partial charge in [0, 0.05) is 36.0 Å². The second kappa shape index (κ2) is 6.04. The minimum Gasteiger partial charge on any atom is -0.300 e. The topological polar surface area (TPSA) is 33.2 Å². The number of nitrogens with zero attached hydrogens (tertiary/aromatic N) is 2. The zero-order chi connectivity index (χ0) is 15.8. The van der Waals surface area contributed by atoms with E-state index in [9.17, 15) is 4.79 Å². The fourth-order valence-electron chi connectivity index (χ4n) is 4.52. The number of ketones is 1. The molecule has 3 nitrogen and oxygen atoms in total. The summed E-state index contributed by atoms with van der Waals surface area (Å²) >= 11 is 0. The van der Waals surface area contributed by atoms with Crippen LogP contribution >= 0.6 is 0 Å². The van der Waals surface area contributed by atoms with Crippen LogP contribution in [0.4, 0.5) is 0 Å². The first-order chi connectivity index (χ1) is 11.2. The molecule has 3 heteroatoms. The molecule has 0 saturated carbocycles. The molecular formula is C20H24N2O. The van der Waals surface area contributed by atoms with E-state index in [4.69, 9.17) is 0 Å². The molecule has 3 heterocycles. The maximum Gasteiger partial charge on any atom is 0.140 e. The summed E-state index contributed by atoms with van der Waals surface area (Å²) in [5.41, 5.74) is 2.06. The van der Waals surface area contributed by atoms with Crippen molar-refractivity contribution in [2.24, 2.45) is 5.92 Å². The largest absolute Gasteiger partial charge is 0.300 e. The van der Waals surface area contributed by atoms with Crippen LogP contribution < -0.4 is 0 Å². The number of carbonyl (C=O) groups excluding carboxylic acids is 1. The van der Waals surface area contributed by atoms with Gasteiger partial charge in [0.25, 0.3) is 0 Å². The summed E-state index contributed by atoms with van der Waals surface area (Å²) in [6, 6.07) is 11.4. The molecule has 0 radical (unpaired) electrons. The number of fused-ring (bicyclic) bond motifs is 3. The first-order valence-electron chi connectivity index (χ1n) is 8.79. The molecule has 2 bridgehead atoms. The lowest BCUT2D eigenvalue weighted by atomic mass is 9.76. The van der Waals surface area contributed by atoms with Gasteiger partial charge in [-0.25, -0.2) is 0 Å². The van der Waals surface area contributed by atoms with Crippen molar-refractivity contribution in [3.63, 3.8) is 0 Å². The van der Waals surface area contributed by atoms with Crippen LogP contribution in [0.1, 0.15) is 37.7 Å². The standard InChI is InChI=1S/C20H24N2O/c1-22-17-8-3-9-18(22)12-16(11-17)19(23)13-15-6-2-5-14-7-4-10-21-20(14)15/h2,4-7,10,16-18H,3,8-9,11-13H2,1H3. The molecule has 0 spiro atoms. The molecule has 23 heavy (non-hydrogen) atoms. The van der Waals surface area contributed by atoms with Gasteiger partial charge >= 0.3 is 0 Å². The van der Waals surface area contributed by atoms with Crippen LogP contribution in [0, 0.1) is 5.92 Å². The minimum absolute atomic E-state index is 0.237. The average molecular weight is 308 g/mol. The molecule has 0 amide bonds. The summed E-state index contributed by atoms with van der Waals surface area (Å²) in [7, 11) is 2.24. The van der Waals surface area contributed by atoms with Crippen LogP contribution in [0.2, 0.25) is 0 Å². The van der Waals surface area contributed by atoms with Crippen molar-refractivity contribution in [3.05, 3.63) is 42.1 Å². The number of hydrogen-bond donors (Lipinski definition) is 0. The molecule has 2 saturated heterocycles. The Morgan fingerprint density at radius 1 is 1.17 bits per heavy atom. The molecular weight excluding hydrogens is 284 g/mol. The van der Waals surface area contributed by atoms with E-state index < -0.39 is 0 Å². The van der Waals surface area contributed by atoms with Crippen molar-refractivity contribution >= 4 is 16.7 Å². The number of benzene rings is 1. The van der Waals surface area contributed by atoms with Crippen molar-refractivity contribution in [1.29, 1.82) is 0 Å². The third kappa shape index (κ3) is 2.78. The minimum atomic E-state index is 0.237. The average Bonchev–Trinajstić information content (AvgIpc) is 2.55. The number of rotatable bonds is 3. The van der Waals surface area contributed by atoms with Gasteiger partial charge in [-0.1, -0.05) is 30.7 Å². The van der Waals surface area contributed by atoms with E-state index in [1.165, 1.54) is 19.3 Å². The lowest BCUT2D eigenvalue weighted by molar-refractivity contribution is -0.125. The van der Waals surface area contributed by atoms with Crippen molar-refractivity contribution < 1.29 is 4.79 Å². The van der Waals surface area contributed by atoms with Crippen LogP contribution in [0.3, 0.4) is 0 Å². The van der Waals surface area contributed by atoms with Gasteiger partial charge in [0.1, 0.15) is 5.78 Å². The number of Topliss-reactive ketones (excluding diaryl/α,β-unsaturated/α-hetero) is 1. The number of carbonyl (C=O) groups is 1. The number of aromatic nitrogens is 1. The predicted octanol–water partition coefficient (Wildman–Crippen LogP) is 3.61. The molecule has 2 aliphatic heterocycles. The molecule has 2 atom stereocenters. The molecule has 2 aliphatic rings. The van der Waals surface area contributed by atoms with Gasteiger partial charge in [0.05, 0.1) is 5.52 Å². The smallest absolute Gasteiger partial charge is 0.140 e. The molecule has 120 valence electrons. The quantitative estimate of drug-likeness (QED) is 0.868. The van der Waals surface area contributed by atoms with E-state index in [0.717, 1.165) is 29.3 Å². The maximum absolute atomic E-state index is 12.9. The number of para-hydroxylation sites is 1. The highest BCUT2D eigenvalue weighted by molar-refractivity contribution is 5.89. The van der Waals surface area contributed by atoms with E-state index >= 15 is 0 Å². The van der Waals surface area contributed by atoms with E-state index in [0.29, 0.717) is 24.3 Å². The lowest BCUT2D eigenvalue weighted by Gasteiger charge is -2.46. The molecule has 2 fully saturated rings. The highest BCUT2D eigenvalue weighted by Gasteiger charge is 2.38. The van der Waals surface area contributed by atoms with Gasteiger partial charge in [-0.05, 0) is 44.4 Å². The van der Waals surface area contributed by atoms with Crippen molar-refractivity contribution in [3.8, 4) is 0 Å². The van der Waals surface area contributed by atoms with Gasteiger partial charge in [-0.3, -0.25) is 9.78 Å². The fourth-order valence-corrected chi connectivity index (χ4v) is 4.52. The van der Waals surface area contributed by atoms with Gasteiger partial charge in [0.2, 0.25) is 0 Å². The summed E-state index contributed by atoms with van der Waals surface area (Å²) < 4.78 is 0. The van der Waals surface area contributed by atoms with Gasteiger partial charge in [-0.2, -0.15) is 0 Å². The second-order valence-corrected chi connectivity index (χ2v) is 7.21. The Morgan fingerprint density at radius 2 is 1.91 bits per heavy atom. The summed E-state index contributed by atoms with van der Waals surface area (Å²) in [6.45, 7) is 0. The predicted molar refractivity (Wildman–Crippen MR) is 92.4 cm³/mol. The van der Waals surface area contributed by atoms with E-state index in [1.54, 1.807) is 0 Å².